The number of aryl methyl sites for hydroxylation is 2. The molecular weight excluding hydrogens is 316 g/mol. The maximum Gasteiger partial charge on any atom is 0.339 e. The number of aromatic carboxylic acids is 1. The van der Waals surface area contributed by atoms with Crippen LogP contribution < -0.4 is 4.72 Å². The Morgan fingerprint density at radius 2 is 2.00 bits per heavy atom. The van der Waals surface area contributed by atoms with Crippen LogP contribution in [0.5, 0.6) is 0 Å². The highest BCUT2D eigenvalue weighted by molar-refractivity contribution is 7.92. The maximum atomic E-state index is 12.4. The smallest absolute Gasteiger partial charge is 0.339 e. The van der Waals surface area contributed by atoms with Crippen LogP contribution >= 0.6 is 11.6 Å². The third-order valence-corrected chi connectivity index (χ3v) is 4.72. The highest BCUT2D eigenvalue weighted by atomic mass is 35.5. The summed E-state index contributed by atoms with van der Waals surface area (Å²) in [6.45, 7) is 3.18. The lowest BCUT2D eigenvalue weighted by Gasteiger charge is -2.10. The molecule has 1 aromatic heterocycles. The molecule has 2 rings (SSSR count). The minimum absolute atomic E-state index is 0.00481. The summed E-state index contributed by atoms with van der Waals surface area (Å²) in [5.74, 6) is -1.21. The van der Waals surface area contributed by atoms with E-state index < -0.39 is 16.0 Å². The largest absolute Gasteiger partial charge is 0.478 e. The molecule has 0 bridgehead atoms. The lowest BCUT2D eigenvalue weighted by molar-refractivity contribution is 0.0697. The van der Waals surface area contributed by atoms with Crippen LogP contribution in [-0.2, 0) is 10.0 Å². The van der Waals surface area contributed by atoms with Crippen LogP contribution in [-0.4, -0.2) is 24.5 Å². The van der Waals surface area contributed by atoms with E-state index in [2.05, 4.69) is 9.71 Å². The molecule has 0 saturated carbocycles. The Labute approximate surface area is 126 Å². The molecule has 0 unspecified atom stereocenters. The summed E-state index contributed by atoms with van der Waals surface area (Å²) in [5, 5.41) is 9.41. The monoisotopic (exact) mass is 328 g/mol. The second kappa shape index (κ2) is 5.42. The molecule has 0 aliphatic carbocycles. The molecule has 112 valence electrons. The number of sulfonamides is 1. The zero-order valence-electron chi connectivity index (χ0n) is 11.3. The van der Waals surface area contributed by atoms with Crippen LogP contribution in [0, 0.1) is 13.8 Å². The van der Waals surface area contributed by atoms with Gasteiger partial charge in [-0.25, -0.2) is 13.2 Å². The van der Waals surface area contributed by atoms with E-state index in [4.69, 9.17) is 16.7 Å². The van der Waals surface area contributed by atoms with Gasteiger partial charge in [0.1, 0.15) is 5.56 Å². The number of carbonyl (C=O) groups is 1. The lowest BCUT2D eigenvalue weighted by atomic mass is 10.2. The van der Waals surface area contributed by atoms with Crippen molar-refractivity contribution in [3.63, 3.8) is 0 Å². The van der Waals surface area contributed by atoms with Gasteiger partial charge in [-0.05, 0) is 31.5 Å². The van der Waals surface area contributed by atoms with Crippen molar-refractivity contribution < 1.29 is 18.3 Å². The number of hydrogen-bond acceptors (Lipinski definition) is 3. The molecule has 0 atom stereocenters. The van der Waals surface area contributed by atoms with Gasteiger partial charge in [0.2, 0.25) is 0 Å². The first-order valence-corrected chi connectivity index (χ1v) is 7.78. The molecule has 0 saturated heterocycles. The summed E-state index contributed by atoms with van der Waals surface area (Å²) in [6, 6.07) is 4.48. The Morgan fingerprint density at radius 1 is 1.33 bits per heavy atom. The van der Waals surface area contributed by atoms with Gasteiger partial charge >= 0.3 is 5.97 Å². The SMILES string of the molecule is Cc1ccc(Cl)cc1S(=O)(=O)Nc1c[nH]c(C)c1C(=O)O. The van der Waals surface area contributed by atoms with Gasteiger partial charge in [0.05, 0.1) is 10.6 Å². The molecule has 2 aromatic rings. The number of aromatic nitrogens is 1. The summed E-state index contributed by atoms with van der Waals surface area (Å²) in [6.07, 6.45) is 1.30. The van der Waals surface area contributed by atoms with Crippen molar-refractivity contribution in [2.75, 3.05) is 4.72 Å². The molecule has 0 aliphatic heterocycles. The number of halogens is 1. The van der Waals surface area contributed by atoms with E-state index in [1.807, 2.05) is 0 Å². The number of aromatic amines is 1. The summed E-state index contributed by atoms with van der Waals surface area (Å²) in [7, 11) is -3.93. The normalized spacial score (nSPS) is 11.4. The van der Waals surface area contributed by atoms with Gasteiger partial charge in [0.25, 0.3) is 10.0 Å². The van der Waals surface area contributed by atoms with Gasteiger partial charge in [-0.3, -0.25) is 4.72 Å². The van der Waals surface area contributed by atoms with Crippen LogP contribution in [0.15, 0.2) is 29.3 Å². The lowest BCUT2D eigenvalue weighted by Crippen LogP contribution is -2.16. The Bertz CT molecular complexity index is 812. The van der Waals surface area contributed by atoms with Crippen molar-refractivity contribution in [2.24, 2.45) is 0 Å². The van der Waals surface area contributed by atoms with Gasteiger partial charge in [-0.1, -0.05) is 17.7 Å². The predicted octanol–water partition coefficient (Wildman–Crippen LogP) is 2.78. The van der Waals surface area contributed by atoms with E-state index in [1.165, 1.54) is 12.3 Å². The minimum Gasteiger partial charge on any atom is -0.478 e. The van der Waals surface area contributed by atoms with E-state index in [0.29, 0.717) is 11.3 Å². The van der Waals surface area contributed by atoms with Crippen molar-refractivity contribution in [1.29, 1.82) is 0 Å². The summed E-state index contributed by atoms with van der Waals surface area (Å²) < 4.78 is 27.0. The average Bonchev–Trinajstić information content (AvgIpc) is 2.72. The van der Waals surface area contributed by atoms with Gasteiger partial charge in [0.15, 0.2) is 0 Å². The molecule has 3 N–H and O–H groups in total. The van der Waals surface area contributed by atoms with Gasteiger partial charge in [0, 0.05) is 16.9 Å². The van der Waals surface area contributed by atoms with Crippen LogP contribution in [0.2, 0.25) is 5.02 Å². The first-order valence-electron chi connectivity index (χ1n) is 5.92. The van der Waals surface area contributed by atoms with Crippen molar-refractivity contribution in [2.45, 2.75) is 18.7 Å². The van der Waals surface area contributed by atoms with E-state index in [1.54, 1.807) is 26.0 Å². The standard InChI is InChI=1S/C13H13ClN2O4S/c1-7-3-4-9(14)5-11(7)21(19,20)16-10-6-15-8(2)12(10)13(17)18/h3-6,15-16H,1-2H3,(H,17,18). The van der Waals surface area contributed by atoms with Crippen molar-refractivity contribution in [1.82, 2.24) is 4.98 Å². The van der Waals surface area contributed by atoms with Crippen molar-refractivity contribution in [3.05, 3.63) is 46.2 Å². The number of H-pyrrole nitrogens is 1. The number of nitrogens with one attached hydrogen (secondary N) is 2. The number of hydrogen-bond donors (Lipinski definition) is 3. The fourth-order valence-electron chi connectivity index (χ4n) is 1.95. The van der Waals surface area contributed by atoms with Crippen LogP contribution in [0.1, 0.15) is 21.6 Å². The van der Waals surface area contributed by atoms with E-state index in [0.717, 1.165) is 0 Å². The molecule has 8 heteroatoms. The predicted molar refractivity (Wildman–Crippen MR) is 79.5 cm³/mol. The number of rotatable bonds is 4. The Kier molecular flexibility index (Phi) is 3.97. The first kappa shape index (κ1) is 15.4. The Balaban J connectivity index is 2.48. The molecule has 0 aliphatic rings. The molecule has 0 spiro atoms. The molecule has 1 heterocycles. The van der Waals surface area contributed by atoms with Crippen molar-refractivity contribution >= 4 is 33.3 Å². The zero-order valence-corrected chi connectivity index (χ0v) is 12.8. The van der Waals surface area contributed by atoms with Gasteiger partial charge in [-0.2, -0.15) is 0 Å². The molecule has 21 heavy (non-hydrogen) atoms. The molecular formula is C13H13ClN2O4S. The van der Waals surface area contributed by atoms with Crippen LogP contribution in [0.25, 0.3) is 0 Å². The molecule has 6 nitrogen and oxygen atoms in total. The van der Waals surface area contributed by atoms with E-state index in [-0.39, 0.29) is 21.2 Å². The number of carboxylic acid groups (broad SMARTS) is 1. The second-order valence-corrected chi connectivity index (χ2v) is 6.61. The first-order chi connectivity index (χ1) is 9.72. The number of carboxylic acids is 1. The second-order valence-electron chi connectivity index (χ2n) is 4.52. The molecule has 0 fully saturated rings. The average molecular weight is 329 g/mol. The Hall–Kier alpha value is -1.99. The molecule has 0 radical (unpaired) electrons. The molecule has 1 aromatic carbocycles. The van der Waals surface area contributed by atoms with E-state index >= 15 is 0 Å². The minimum atomic E-state index is -3.93. The quantitative estimate of drug-likeness (QED) is 0.803. The van der Waals surface area contributed by atoms with Crippen LogP contribution in [0.4, 0.5) is 5.69 Å². The summed E-state index contributed by atoms with van der Waals surface area (Å²) in [5.41, 5.74) is 0.747. The molecule has 0 amide bonds. The van der Waals surface area contributed by atoms with Crippen molar-refractivity contribution in [3.8, 4) is 0 Å². The summed E-state index contributed by atoms with van der Waals surface area (Å²) >= 11 is 5.82. The topological polar surface area (TPSA) is 99.3 Å². The highest BCUT2D eigenvalue weighted by Gasteiger charge is 2.22. The third kappa shape index (κ3) is 3.03. The zero-order chi connectivity index (χ0) is 15.8. The maximum absolute atomic E-state index is 12.4. The number of anilines is 1. The highest BCUT2D eigenvalue weighted by Crippen LogP contribution is 2.25. The van der Waals surface area contributed by atoms with Crippen LogP contribution in [0.3, 0.4) is 0 Å². The van der Waals surface area contributed by atoms with E-state index in [9.17, 15) is 13.2 Å². The van der Waals surface area contributed by atoms with Gasteiger partial charge in [-0.15, -0.1) is 0 Å². The van der Waals surface area contributed by atoms with Gasteiger partial charge < -0.3 is 10.1 Å². The fourth-order valence-corrected chi connectivity index (χ4v) is 3.52. The Morgan fingerprint density at radius 3 is 2.62 bits per heavy atom. The third-order valence-electron chi connectivity index (χ3n) is 2.98. The summed E-state index contributed by atoms with van der Waals surface area (Å²) in [4.78, 5) is 13.9. The fraction of sp³-hybridized carbons (Fsp3) is 0.154. The number of benzene rings is 1.